The third kappa shape index (κ3) is 6.19. The molecule has 0 fully saturated rings. The number of urea groups is 1. The van der Waals surface area contributed by atoms with Gasteiger partial charge in [0.2, 0.25) is 11.1 Å². The molecule has 30 heavy (non-hydrogen) atoms. The number of thioether (sulfide) groups is 1. The first-order valence-electron chi connectivity index (χ1n) is 8.47. The van der Waals surface area contributed by atoms with Gasteiger partial charge in [0.25, 0.3) is 0 Å². The van der Waals surface area contributed by atoms with Crippen molar-refractivity contribution in [3.63, 3.8) is 0 Å². The summed E-state index contributed by atoms with van der Waals surface area (Å²) in [6, 6.07) is 11.8. The van der Waals surface area contributed by atoms with Crippen LogP contribution in [0.4, 0.5) is 14.9 Å². The zero-order valence-corrected chi connectivity index (χ0v) is 17.7. The second-order valence-electron chi connectivity index (χ2n) is 5.81. The number of amides is 3. The van der Waals surface area contributed by atoms with Crippen molar-refractivity contribution in [2.45, 2.75) is 11.8 Å². The topological polar surface area (TPSA) is 124 Å². The fourth-order valence-electron chi connectivity index (χ4n) is 2.17. The molecule has 0 aliphatic heterocycles. The molecule has 0 aliphatic rings. The lowest BCUT2D eigenvalue weighted by Gasteiger charge is -2.07. The summed E-state index contributed by atoms with van der Waals surface area (Å²) in [5, 5.41) is 12.8. The van der Waals surface area contributed by atoms with E-state index in [1.54, 1.807) is 24.3 Å². The van der Waals surface area contributed by atoms with E-state index >= 15 is 0 Å². The molecule has 3 amide bonds. The largest absolute Gasteiger partial charge is 0.486 e. The molecule has 0 atom stereocenters. The van der Waals surface area contributed by atoms with E-state index in [1.807, 2.05) is 0 Å². The third-order valence-corrected chi connectivity index (χ3v) is 5.08. The van der Waals surface area contributed by atoms with Crippen LogP contribution < -0.4 is 21.2 Å². The average molecular weight is 495 g/mol. The van der Waals surface area contributed by atoms with Crippen molar-refractivity contribution < 1.29 is 18.7 Å². The van der Waals surface area contributed by atoms with Crippen LogP contribution in [0.5, 0.6) is 5.75 Å². The summed E-state index contributed by atoms with van der Waals surface area (Å²) in [5.41, 5.74) is 0.545. The van der Waals surface area contributed by atoms with Crippen molar-refractivity contribution >= 4 is 45.3 Å². The lowest BCUT2D eigenvalue weighted by atomic mass is 10.3. The number of nitrogens with zero attached hydrogens (tertiary/aromatic N) is 3. The maximum Gasteiger partial charge on any atom is 0.325 e. The number of carbonyl (C=O) groups is 2. The molecule has 1 aromatic heterocycles. The Morgan fingerprint density at radius 3 is 2.53 bits per heavy atom. The van der Waals surface area contributed by atoms with Gasteiger partial charge in [-0.15, -0.1) is 10.2 Å². The lowest BCUT2D eigenvalue weighted by molar-refractivity contribution is -0.117. The van der Waals surface area contributed by atoms with E-state index < -0.39 is 11.9 Å². The van der Waals surface area contributed by atoms with Gasteiger partial charge in [-0.2, -0.15) is 0 Å². The number of hydrogen-bond acceptors (Lipinski definition) is 7. The first-order chi connectivity index (χ1) is 14.4. The summed E-state index contributed by atoms with van der Waals surface area (Å²) in [5.74, 6) is 5.68. The van der Waals surface area contributed by atoms with Crippen molar-refractivity contribution in [1.29, 1.82) is 0 Å². The summed E-state index contributed by atoms with van der Waals surface area (Å²) >= 11 is 4.31. The molecule has 4 N–H and O–H groups in total. The van der Waals surface area contributed by atoms with Crippen LogP contribution in [0.25, 0.3) is 0 Å². The third-order valence-electron chi connectivity index (χ3n) is 3.60. The normalized spacial score (nSPS) is 10.5. The quantitative estimate of drug-likeness (QED) is 0.340. The Kier molecular flexibility index (Phi) is 7.25. The SMILES string of the molecule is Nn1c(COc2ccc(F)cc2)nnc1SCC(=O)NC(=O)Nc1ccc(Br)cc1. The van der Waals surface area contributed by atoms with E-state index in [4.69, 9.17) is 10.6 Å². The number of hydrogen-bond donors (Lipinski definition) is 3. The van der Waals surface area contributed by atoms with Gasteiger partial charge in [-0.05, 0) is 48.5 Å². The van der Waals surface area contributed by atoms with Crippen LogP contribution in [0.3, 0.4) is 0 Å². The molecule has 0 spiro atoms. The van der Waals surface area contributed by atoms with Gasteiger partial charge in [0, 0.05) is 10.2 Å². The minimum absolute atomic E-state index is 0.0114. The van der Waals surface area contributed by atoms with Crippen LogP contribution in [0, 0.1) is 5.82 Å². The fourth-order valence-corrected chi connectivity index (χ4v) is 3.11. The maximum absolute atomic E-state index is 12.9. The summed E-state index contributed by atoms with van der Waals surface area (Å²) in [7, 11) is 0. The molecule has 3 aromatic rings. The molecule has 0 radical (unpaired) electrons. The molecule has 0 aliphatic carbocycles. The van der Waals surface area contributed by atoms with Crippen LogP contribution in [0.1, 0.15) is 5.82 Å². The van der Waals surface area contributed by atoms with Crippen LogP contribution in [-0.2, 0) is 11.4 Å². The molecule has 0 saturated carbocycles. The highest BCUT2D eigenvalue weighted by Gasteiger charge is 2.14. The van der Waals surface area contributed by atoms with E-state index in [1.165, 1.54) is 28.9 Å². The van der Waals surface area contributed by atoms with Gasteiger partial charge in [-0.3, -0.25) is 10.1 Å². The summed E-state index contributed by atoms with van der Waals surface area (Å²) < 4.78 is 20.4. The first kappa shape index (κ1) is 21.6. The van der Waals surface area contributed by atoms with E-state index in [0.717, 1.165) is 16.2 Å². The van der Waals surface area contributed by atoms with Gasteiger partial charge in [0.1, 0.15) is 18.2 Å². The van der Waals surface area contributed by atoms with E-state index in [9.17, 15) is 14.0 Å². The molecular formula is C18H16BrFN6O3S. The van der Waals surface area contributed by atoms with Crippen LogP contribution in [0.15, 0.2) is 58.2 Å². The highest BCUT2D eigenvalue weighted by atomic mass is 79.9. The van der Waals surface area contributed by atoms with Crippen LogP contribution in [0.2, 0.25) is 0 Å². The standard InChI is InChI=1S/C18H16BrFN6O3S/c19-11-1-5-13(6-2-11)22-17(28)23-16(27)10-30-18-25-24-15(26(18)21)9-29-14-7-3-12(20)4-8-14/h1-8H,9-10,21H2,(H2,22,23,27,28). The molecule has 9 nitrogen and oxygen atoms in total. The molecule has 156 valence electrons. The fraction of sp³-hybridized carbons (Fsp3) is 0.111. The van der Waals surface area contributed by atoms with E-state index in [0.29, 0.717) is 17.3 Å². The van der Waals surface area contributed by atoms with Gasteiger partial charge in [0.15, 0.2) is 5.82 Å². The predicted molar refractivity (Wildman–Crippen MR) is 113 cm³/mol. The monoisotopic (exact) mass is 494 g/mol. The van der Waals surface area contributed by atoms with Gasteiger partial charge < -0.3 is 15.9 Å². The number of rotatable bonds is 7. The number of imide groups is 1. The summed E-state index contributed by atoms with van der Waals surface area (Å²) in [4.78, 5) is 23.8. The highest BCUT2D eigenvalue weighted by molar-refractivity contribution is 9.10. The number of nitrogen functional groups attached to an aromatic ring is 1. The number of carbonyl (C=O) groups excluding carboxylic acids is 2. The zero-order chi connectivity index (χ0) is 21.5. The van der Waals surface area contributed by atoms with Crippen molar-refractivity contribution in [3.8, 4) is 5.75 Å². The van der Waals surface area contributed by atoms with Gasteiger partial charge in [-0.25, -0.2) is 13.9 Å². The summed E-state index contributed by atoms with van der Waals surface area (Å²) in [6.07, 6.45) is 0. The number of aromatic nitrogens is 3. The van der Waals surface area contributed by atoms with Crippen LogP contribution >= 0.6 is 27.7 Å². The Balaban J connectivity index is 1.45. The maximum atomic E-state index is 12.9. The second-order valence-corrected chi connectivity index (χ2v) is 7.67. The number of nitrogens with one attached hydrogen (secondary N) is 2. The minimum Gasteiger partial charge on any atom is -0.486 e. The van der Waals surface area contributed by atoms with E-state index in [-0.39, 0.29) is 23.3 Å². The van der Waals surface area contributed by atoms with Gasteiger partial charge in [0.05, 0.1) is 5.75 Å². The molecule has 0 saturated heterocycles. The Bertz CT molecular complexity index is 1030. The molecule has 3 rings (SSSR count). The number of anilines is 1. The van der Waals surface area contributed by atoms with Gasteiger partial charge in [-0.1, -0.05) is 27.7 Å². The smallest absolute Gasteiger partial charge is 0.325 e. The minimum atomic E-state index is -0.648. The zero-order valence-electron chi connectivity index (χ0n) is 15.3. The Hall–Kier alpha value is -3.12. The predicted octanol–water partition coefficient (Wildman–Crippen LogP) is 2.91. The molecular weight excluding hydrogens is 479 g/mol. The molecule has 1 heterocycles. The van der Waals surface area contributed by atoms with Gasteiger partial charge >= 0.3 is 6.03 Å². The van der Waals surface area contributed by atoms with E-state index in [2.05, 4.69) is 36.8 Å². The Labute approximate surface area is 183 Å². The van der Waals surface area contributed by atoms with Crippen molar-refractivity contribution in [2.24, 2.45) is 0 Å². The van der Waals surface area contributed by atoms with Crippen molar-refractivity contribution in [1.82, 2.24) is 20.2 Å². The second kappa shape index (κ2) is 10.1. The lowest BCUT2D eigenvalue weighted by Crippen LogP contribution is -2.35. The van der Waals surface area contributed by atoms with Crippen LogP contribution in [-0.4, -0.2) is 32.6 Å². The number of nitrogens with two attached hydrogens (primary N) is 1. The number of benzene rings is 2. The van der Waals surface area contributed by atoms with Crippen molar-refractivity contribution in [3.05, 3.63) is 64.6 Å². The molecule has 0 bridgehead atoms. The Morgan fingerprint density at radius 1 is 1.13 bits per heavy atom. The average Bonchev–Trinajstić information content (AvgIpc) is 3.07. The molecule has 0 unspecified atom stereocenters. The first-order valence-corrected chi connectivity index (χ1v) is 10.3. The van der Waals surface area contributed by atoms with Crippen molar-refractivity contribution in [2.75, 3.05) is 16.9 Å². The highest BCUT2D eigenvalue weighted by Crippen LogP contribution is 2.17. The molecule has 12 heteroatoms. The Morgan fingerprint density at radius 2 is 1.83 bits per heavy atom. The summed E-state index contributed by atoms with van der Waals surface area (Å²) in [6.45, 7) is 0.0114. The number of ether oxygens (including phenoxy) is 1. The molecule has 2 aromatic carbocycles. The number of halogens is 2.